The minimum Gasteiger partial charge on any atom is -0.340 e. The Bertz CT molecular complexity index is 862. The standard InChI is InChI=1S/C18H24N4O2S/c1-11(2)18(24)22-8-6-21(7-9-22)10-14-19-16(23)15-12-4-3-5-13(12)25-17(15)20-14/h11H,3-10H2,1-2H3,(H,19,20,23). The first kappa shape index (κ1) is 16.7. The van der Waals surface area contributed by atoms with Crippen molar-refractivity contribution in [1.82, 2.24) is 19.8 Å². The van der Waals surface area contributed by atoms with Crippen LogP contribution in [0, 0.1) is 5.92 Å². The molecule has 1 fully saturated rings. The number of fused-ring (bicyclic) bond motifs is 3. The summed E-state index contributed by atoms with van der Waals surface area (Å²) in [4.78, 5) is 38.7. The van der Waals surface area contributed by atoms with Gasteiger partial charge in [-0.3, -0.25) is 14.5 Å². The number of amides is 1. The Hall–Kier alpha value is -1.73. The van der Waals surface area contributed by atoms with Crippen LogP contribution in [0.1, 0.15) is 36.5 Å². The predicted octanol–water partition coefficient (Wildman–Crippen LogP) is 1.77. The molecule has 0 spiro atoms. The molecule has 7 heteroatoms. The smallest absolute Gasteiger partial charge is 0.259 e. The molecule has 0 atom stereocenters. The third-order valence-electron chi connectivity index (χ3n) is 5.18. The molecular formula is C18H24N4O2S. The molecule has 0 saturated carbocycles. The van der Waals surface area contributed by atoms with E-state index in [1.807, 2.05) is 18.7 Å². The zero-order valence-corrected chi connectivity index (χ0v) is 15.6. The van der Waals surface area contributed by atoms with Crippen molar-refractivity contribution < 1.29 is 4.79 Å². The Labute approximate surface area is 150 Å². The number of hydrogen-bond acceptors (Lipinski definition) is 5. The van der Waals surface area contributed by atoms with Gasteiger partial charge in [-0.25, -0.2) is 4.98 Å². The largest absolute Gasteiger partial charge is 0.340 e. The fourth-order valence-electron chi connectivity index (χ4n) is 3.83. The molecule has 2 aromatic heterocycles. The molecule has 0 bridgehead atoms. The first-order valence-electron chi connectivity index (χ1n) is 9.07. The van der Waals surface area contributed by atoms with Gasteiger partial charge in [0.1, 0.15) is 10.7 Å². The van der Waals surface area contributed by atoms with Gasteiger partial charge in [0.25, 0.3) is 5.56 Å². The van der Waals surface area contributed by atoms with E-state index in [-0.39, 0.29) is 17.4 Å². The lowest BCUT2D eigenvalue weighted by Gasteiger charge is -2.35. The van der Waals surface area contributed by atoms with Gasteiger partial charge in [-0.15, -0.1) is 11.3 Å². The molecule has 1 amide bonds. The molecule has 1 saturated heterocycles. The lowest BCUT2D eigenvalue weighted by molar-refractivity contribution is -0.136. The zero-order chi connectivity index (χ0) is 17.6. The van der Waals surface area contributed by atoms with Gasteiger partial charge in [0.2, 0.25) is 5.91 Å². The van der Waals surface area contributed by atoms with Crippen molar-refractivity contribution >= 4 is 27.5 Å². The van der Waals surface area contributed by atoms with Crippen molar-refractivity contribution in [1.29, 1.82) is 0 Å². The van der Waals surface area contributed by atoms with E-state index in [0.29, 0.717) is 6.54 Å². The number of H-pyrrole nitrogens is 1. The summed E-state index contributed by atoms with van der Waals surface area (Å²) in [6.45, 7) is 7.65. The summed E-state index contributed by atoms with van der Waals surface area (Å²) in [5.74, 6) is 1.01. The first-order valence-corrected chi connectivity index (χ1v) is 9.89. The van der Waals surface area contributed by atoms with Crippen LogP contribution in [0.15, 0.2) is 4.79 Å². The Balaban J connectivity index is 1.47. The monoisotopic (exact) mass is 360 g/mol. The quantitative estimate of drug-likeness (QED) is 0.906. The van der Waals surface area contributed by atoms with Gasteiger partial charge in [0.05, 0.1) is 11.9 Å². The molecule has 0 aromatic carbocycles. The van der Waals surface area contributed by atoms with Crippen molar-refractivity contribution in [3.63, 3.8) is 0 Å². The van der Waals surface area contributed by atoms with E-state index in [2.05, 4.69) is 9.88 Å². The summed E-state index contributed by atoms with van der Waals surface area (Å²) in [5, 5.41) is 0.814. The second kappa shape index (κ2) is 6.53. The highest BCUT2D eigenvalue weighted by atomic mass is 32.1. The SMILES string of the molecule is CC(C)C(=O)N1CCN(Cc2nc3sc4c(c3c(=O)[nH]2)CCC4)CC1. The van der Waals surface area contributed by atoms with Gasteiger partial charge in [-0.1, -0.05) is 13.8 Å². The van der Waals surface area contributed by atoms with Crippen LogP contribution >= 0.6 is 11.3 Å². The molecule has 25 heavy (non-hydrogen) atoms. The van der Waals surface area contributed by atoms with Gasteiger partial charge in [0, 0.05) is 37.0 Å². The maximum Gasteiger partial charge on any atom is 0.259 e. The molecule has 1 aliphatic heterocycles. The molecule has 2 aliphatic rings. The Morgan fingerprint density at radius 2 is 2.00 bits per heavy atom. The van der Waals surface area contributed by atoms with E-state index in [9.17, 15) is 9.59 Å². The number of piperazine rings is 1. The van der Waals surface area contributed by atoms with Gasteiger partial charge in [-0.2, -0.15) is 0 Å². The van der Waals surface area contributed by atoms with E-state index < -0.39 is 0 Å². The molecule has 4 rings (SSSR count). The lowest BCUT2D eigenvalue weighted by atomic mass is 10.1. The lowest BCUT2D eigenvalue weighted by Crippen LogP contribution is -2.49. The Morgan fingerprint density at radius 3 is 2.72 bits per heavy atom. The molecule has 2 aromatic rings. The van der Waals surface area contributed by atoms with Crippen LogP contribution in [-0.2, 0) is 24.2 Å². The maximum absolute atomic E-state index is 12.5. The molecule has 0 radical (unpaired) electrons. The van der Waals surface area contributed by atoms with E-state index in [0.717, 1.165) is 61.5 Å². The number of aromatic nitrogens is 2. The van der Waals surface area contributed by atoms with E-state index in [4.69, 9.17) is 4.98 Å². The fourth-order valence-corrected chi connectivity index (χ4v) is 5.11. The fraction of sp³-hybridized carbons (Fsp3) is 0.611. The summed E-state index contributed by atoms with van der Waals surface area (Å²) >= 11 is 1.68. The van der Waals surface area contributed by atoms with Crippen molar-refractivity contribution in [2.75, 3.05) is 26.2 Å². The second-order valence-electron chi connectivity index (χ2n) is 7.31. The Morgan fingerprint density at radius 1 is 1.24 bits per heavy atom. The second-order valence-corrected chi connectivity index (χ2v) is 8.39. The summed E-state index contributed by atoms with van der Waals surface area (Å²) < 4.78 is 0. The van der Waals surface area contributed by atoms with Crippen LogP contribution in [0.3, 0.4) is 0 Å². The van der Waals surface area contributed by atoms with Crippen LogP contribution in [0.2, 0.25) is 0 Å². The zero-order valence-electron chi connectivity index (χ0n) is 14.8. The minimum atomic E-state index is 0.00743. The van der Waals surface area contributed by atoms with Crippen molar-refractivity contribution in [3.05, 3.63) is 26.6 Å². The average Bonchev–Trinajstić information content (AvgIpc) is 3.15. The topological polar surface area (TPSA) is 69.3 Å². The predicted molar refractivity (Wildman–Crippen MR) is 99.0 cm³/mol. The normalized spacial score (nSPS) is 18.3. The van der Waals surface area contributed by atoms with Gasteiger partial charge in [0.15, 0.2) is 0 Å². The summed E-state index contributed by atoms with van der Waals surface area (Å²) in [7, 11) is 0. The van der Waals surface area contributed by atoms with E-state index in [1.54, 1.807) is 11.3 Å². The molecule has 6 nitrogen and oxygen atoms in total. The summed E-state index contributed by atoms with van der Waals surface area (Å²) in [6, 6.07) is 0. The highest BCUT2D eigenvalue weighted by molar-refractivity contribution is 7.18. The third-order valence-corrected chi connectivity index (χ3v) is 6.36. The number of hydrogen-bond donors (Lipinski definition) is 1. The number of nitrogens with zero attached hydrogens (tertiary/aromatic N) is 3. The molecular weight excluding hydrogens is 336 g/mol. The molecule has 134 valence electrons. The Kier molecular flexibility index (Phi) is 4.37. The number of carbonyl (C=O) groups excluding carboxylic acids is 1. The first-order chi connectivity index (χ1) is 12.0. The van der Waals surface area contributed by atoms with Gasteiger partial charge < -0.3 is 9.88 Å². The number of nitrogens with one attached hydrogen (secondary N) is 1. The van der Waals surface area contributed by atoms with Crippen LogP contribution < -0.4 is 5.56 Å². The number of thiophene rings is 1. The average molecular weight is 360 g/mol. The van der Waals surface area contributed by atoms with Crippen molar-refractivity contribution in [3.8, 4) is 0 Å². The van der Waals surface area contributed by atoms with Crippen LogP contribution in [0.25, 0.3) is 10.2 Å². The number of carbonyl (C=O) groups is 1. The minimum absolute atomic E-state index is 0.00743. The van der Waals surface area contributed by atoms with Crippen molar-refractivity contribution in [2.24, 2.45) is 5.92 Å². The number of aromatic amines is 1. The number of aryl methyl sites for hydroxylation is 2. The summed E-state index contributed by atoms with van der Waals surface area (Å²) in [5.41, 5.74) is 1.23. The van der Waals surface area contributed by atoms with Crippen LogP contribution in [0.5, 0.6) is 0 Å². The molecule has 3 heterocycles. The van der Waals surface area contributed by atoms with Crippen molar-refractivity contribution in [2.45, 2.75) is 39.7 Å². The highest BCUT2D eigenvalue weighted by Gasteiger charge is 2.24. The number of rotatable bonds is 3. The van der Waals surface area contributed by atoms with Crippen LogP contribution in [0.4, 0.5) is 0 Å². The van der Waals surface area contributed by atoms with Gasteiger partial charge >= 0.3 is 0 Å². The summed E-state index contributed by atoms with van der Waals surface area (Å²) in [6.07, 6.45) is 3.24. The highest BCUT2D eigenvalue weighted by Crippen LogP contribution is 2.34. The van der Waals surface area contributed by atoms with Crippen LogP contribution in [-0.4, -0.2) is 51.9 Å². The van der Waals surface area contributed by atoms with E-state index in [1.165, 1.54) is 10.4 Å². The maximum atomic E-state index is 12.5. The van der Waals surface area contributed by atoms with E-state index >= 15 is 0 Å². The molecule has 0 unspecified atom stereocenters. The molecule has 1 aliphatic carbocycles. The molecule has 1 N–H and O–H groups in total. The van der Waals surface area contributed by atoms with Gasteiger partial charge in [-0.05, 0) is 24.8 Å². The third kappa shape index (κ3) is 3.11.